The summed E-state index contributed by atoms with van der Waals surface area (Å²) in [4.78, 5) is 17.1. The van der Waals surface area contributed by atoms with Gasteiger partial charge in [0.15, 0.2) is 0 Å². The maximum Gasteiger partial charge on any atom is 0.278 e. The minimum atomic E-state index is -0.444. The first-order valence-corrected chi connectivity index (χ1v) is 6.73. The Hall–Kier alpha value is -2.68. The molecule has 7 nitrogen and oxygen atoms in total. The Morgan fingerprint density at radius 1 is 1.33 bits per heavy atom. The summed E-state index contributed by atoms with van der Waals surface area (Å²) in [5.41, 5.74) is 0.967. The van der Waals surface area contributed by atoms with Gasteiger partial charge in [0.25, 0.3) is 11.9 Å². The lowest BCUT2D eigenvalue weighted by Gasteiger charge is -2.02. The third kappa shape index (κ3) is 2.77. The highest BCUT2D eigenvalue weighted by Gasteiger charge is 2.19. The molecule has 1 amide bonds. The van der Waals surface area contributed by atoms with Crippen LogP contribution < -0.4 is 5.32 Å². The molecule has 1 aromatic carbocycles. The molecular formula is C12H9FN6OS. The van der Waals surface area contributed by atoms with Gasteiger partial charge in [-0.2, -0.15) is 5.21 Å². The van der Waals surface area contributed by atoms with Crippen LogP contribution in [0, 0.1) is 12.7 Å². The molecule has 21 heavy (non-hydrogen) atoms. The molecule has 3 rings (SSSR count). The molecule has 0 aliphatic heterocycles. The Bertz CT molecular complexity index is 768. The van der Waals surface area contributed by atoms with Crippen molar-refractivity contribution in [1.29, 1.82) is 0 Å². The van der Waals surface area contributed by atoms with Gasteiger partial charge in [0, 0.05) is 0 Å². The Kier molecular flexibility index (Phi) is 3.40. The summed E-state index contributed by atoms with van der Waals surface area (Å²) in [6.07, 6.45) is 0. The molecule has 0 aliphatic carbocycles. The normalized spacial score (nSPS) is 10.6. The molecule has 2 heterocycles. The summed E-state index contributed by atoms with van der Waals surface area (Å²) in [5, 5.41) is 16.1. The van der Waals surface area contributed by atoms with Gasteiger partial charge < -0.3 is 0 Å². The number of hydrogen-bond donors (Lipinski definition) is 2. The molecule has 0 aliphatic rings. The Balaban J connectivity index is 1.95. The standard InChI is InChI=1S/C12H9FN6OS/c1-6-14-9(11(20)15-12-16-18-19-17-12)10(21-6)7-2-4-8(13)5-3-7/h2-5H,1H3,(H2,15,16,17,18,19,20). The minimum absolute atomic E-state index is 0.0655. The van der Waals surface area contributed by atoms with E-state index in [2.05, 4.69) is 30.9 Å². The van der Waals surface area contributed by atoms with Gasteiger partial charge in [-0.05, 0) is 29.8 Å². The average Bonchev–Trinajstić information content (AvgIpc) is 3.09. The van der Waals surface area contributed by atoms with Crippen LogP contribution in [0.4, 0.5) is 10.3 Å². The molecule has 0 atom stereocenters. The molecule has 0 unspecified atom stereocenters. The van der Waals surface area contributed by atoms with Crippen LogP contribution in [0.3, 0.4) is 0 Å². The number of anilines is 1. The van der Waals surface area contributed by atoms with Crippen molar-refractivity contribution in [2.45, 2.75) is 6.92 Å². The van der Waals surface area contributed by atoms with Gasteiger partial charge in [0.1, 0.15) is 11.5 Å². The third-order valence-corrected chi connectivity index (χ3v) is 3.65. The number of nitrogens with one attached hydrogen (secondary N) is 2. The zero-order valence-electron chi connectivity index (χ0n) is 10.8. The highest BCUT2D eigenvalue weighted by molar-refractivity contribution is 7.15. The van der Waals surface area contributed by atoms with Crippen LogP contribution in [0.25, 0.3) is 10.4 Å². The lowest BCUT2D eigenvalue weighted by molar-refractivity contribution is 0.102. The molecule has 0 saturated heterocycles. The second kappa shape index (κ2) is 5.37. The lowest BCUT2D eigenvalue weighted by Crippen LogP contribution is -2.14. The highest BCUT2D eigenvalue weighted by Crippen LogP contribution is 2.30. The third-order valence-electron chi connectivity index (χ3n) is 2.63. The molecule has 0 spiro atoms. The number of benzene rings is 1. The van der Waals surface area contributed by atoms with Gasteiger partial charge in [-0.3, -0.25) is 10.1 Å². The van der Waals surface area contributed by atoms with Crippen molar-refractivity contribution in [3.8, 4) is 10.4 Å². The van der Waals surface area contributed by atoms with Crippen molar-refractivity contribution in [3.63, 3.8) is 0 Å². The van der Waals surface area contributed by atoms with Gasteiger partial charge in [-0.1, -0.05) is 17.2 Å². The number of H-pyrrole nitrogens is 1. The first-order valence-electron chi connectivity index (χ1n) is 5.91. The minimum Gasteiger partial charge on any atom is -0.286 e. The molecule has 0 bridgehead atoms. The molecule has 106 valence electrons. The number of nitrogens with zero attached hydrogens (tertiary/aromatic N) is 4. The van der Waals surface area contributed by atoms with Crippen LogP contribution in [-0.2, 0) is 0 Å². The number of rotatable bonds is 3. The number of aryl methyl sites for hydroxylation is 1. The first kappa shape index (κ1) is 13.3. The topological polar surface area (TPSA) is 96.5 Å². The zero-order chi connectivity index (χ0) is 14.8. The Labute approximate surface area is 122 Å². The summed E-state index contributed by atoms with van der Waals surface area (Å²) in [7, 11) is 0. The average molecular weight is 304 g/mol. The number of carbonyl (C=O) groups excluding carboxylic acids is 1. The smallest absolute Gasteiger partial charge is 0.278 e. The van der Waals surface area contributed by atoms with E-state index in [0.717, 1.165) is 10.6 Å². The second-order valence-corrected chi connectivity index (χ2v) is 5.31. The zero-order valence-corrected chi connectivity index (χ0v) is 11.6. The maximum absolute atomic E-state index is 13.0. The fraction of sp³-hybridized carbons (Fsp3) is 0.0833. The van der Waals surface area contributed by atoms with Crippen molar-refractivity contribution >= 4 is 23.2 Å². The number of amides is 1. The largest absolute Gasteiger partial charge is 0.286 e. The molecule has 0 fully saturated rings. The Morgan fingerprint density at radius 3 is 2.76 bits per heavy atom. The highest BCUT2D eigenvalue weighted by atomic mass is 32.1. The van der Waals surface area contributed by atoms with Gasteiger partial charge in [-0.25, -0.2) is 9.37 Å². The first-order chi connectivity index (χ1) is 10.1. The van der Waals surface area contributed by atoms with Crippen LogP contribution >= 0.6 is 11.3 Å². The number of tetrazole rings is 1. The summed E-state index contributed by atoms with van der Waals surface area (Å²) >= 11 is 1.36. The van der Waals surface area contributed by atoms with Gasteiger partial charge in [0.2, 0.25) is 0 Å². The number of halogens is 1. The van der Waals surface area contributed by atoms with E-state index in [1.54, 1.807) is 19.1 Å². The quantitative estimate of drug-likeness (QED) is 0.771. The lowest BCUT2D eigenvalue weighted by atomic mass is 10.1. The molecule has 0 radical (unpaired) electrons. The fourth-order valence-electron chi connectivity index (χ4n) is 1.75. The predicted octanol–water partition coefficient (Wildman–Crippen LogP) is 2.02. The van der Waals surface area contributed by atoms with Gasteiger partial charge in [0.05, 0.1) is 9.88 Å². The number of carbonyl (C=O) groups is 1. The van der Waals surface area contributed by atoms with Crippen LogP contribution in [0.15, 0.2) is 24.3 Å². The number of aromatic amines is 1. The SMILES string of the molecule is Cc1nc(C(=O)Nc2nn[nH]n2)c(-c2ccc(F)cc2)s1. The summed E-state index contributed by atoms with van der Waals surface area (Å²) in [6.45, 7) is 1.79. The Morgan fingerprint density at radius 2 is 2.10 bits per heavy atom. The van der Waals surface area contributed by atoms with Crippen molar-refractivity contribution in [1.82, 2.24) is 25.6 Å². The molecule has 9 heteroatoms. The van der Waals surface area contributed by atoms with Crippen molar-refractivity contribution in [3.05, 3.63) is 40.8 Å². The second-order valence-electron chi connectivity index (χ2n) is 4.11. The van der Waals surface area contributed by atoms with E-state index in [1.807, 2.05) is 0 Å². The van der Waals surface area contributed by atoms with E-state index in [4.69, 9.17) is 0 Å². The van der Waals surface area contributed by atoms with E-state index in [9.17, 15) is 9.18 Å². The van der Waals surface area contributed by atoms with E-state index >= 15 is 0 Å². The molecular weight excluding hydrogens is 295 g/mol. The van der Waals surface area contributed by atoms with E-state index < -0.39 is 5.91 Å². The number of aromatic nitrogens is 5. The van der Waals surface area contributed by atoms with E-state index in [-0.39, 0.29) is 17.5 Å². The number of thiazole rings is 1. The van der Waals surface area contributed by atoms with Crippen LogP contribution in [0.2, 0.25) is 0 Å². The van der Waals surface area contributed by atoms with Crippen molar-refractivity contribution < 1.29 is 9.18 Å². The maximum atomic E-state index is 13.0. The van der Waals surface area contributed by atoms with E-state index in [0.29, 0.717) is 4.88 Å². The summed E-state index contributed by atoms with van der Waals surface area (Å²) in [6, 6.07) is 5.89. The fourth-order valence-corrected chi connectivity index (χ4v) is 2.67. The summed E-state index contributed by atoms with van der Waals surface area (Å²) < 4.78 is 13.0. The van der Waals surface area contributed by atoms with E-state index in [1.165, 1.54) is 23.5 Å². The van der Waals surface area contributed by atoms with Gasteiger partial charge >= 0.3 is 0 Å². The van der Waals surface area contributed by atoms with Crippen molar-refractivity contribution in [2.75, 3.05) is 5.32 Å². The van der Waals surface area contributed by atoms with Crippen molar-refractivity contribution in [2.24, 2.45) is 0 Å². The monoisotopic (exact) mass is 304 g/mol. The predicted molar refractivity (Wildman–Crippen MR) is 74.4 cm³/mol. The molecule has 2 aromatic heterocycles. The molecule has 2 N–H and O–H groups in total. The molecule has 0 saturated carbocycles. The van der Waals surface area contributed by atoms with Gasteiger partial charge in [-0.15, -0.1) is 16.4 Å². The summed E-state index contributed by atoms with van der Waals surface area (Å²) in [5.74, 6) is -0.714. The van der Waals surface area contributed by atoms with Crippen LogP contribution in [0.1, 0.15) is 15.5 Å². The molecule has 3 aromatic rings. The van der Waals surface area contributed by atoms with Crippen LogP contribution in [-0.4, -0.2) is 31.5 Å². The van der Waals surface area contributed by atoms with Crippen LogP contribution in [0.5, 0.6) is 0 Å². The number of hydrogen-bond acceptors (Lipinski definition) is 6.